The summed E-state index contributed by atoms with van der Waals surface area (Å²) in [4.78, 5) is 36.8. The van der Waals surface area contributed by atoms with Crippen LogP contribution in [0.25, 0.3) is 10.8 Å². The molecule has 0 aliphatic carbocycles. The van der Waals surface area contributed by atoms with Crippen LogP contribution in [-0.2, 0) is 11.3 Å². The Labute approximate surface area is 166 Å². The van der Waals surface area contributed by atoms with Crippen LogP contribution in [-0.4, -0.2) is 21.4 Å². The van der Waals surface area contributed by atoms with Gasteiger partial charge in [-0.2, -0.15) is 8.78 Å². The van der Waals surface area contributed by atoms with Crippen molar-refractivity contribution >= 4 is 45.7 Å². The van der Waals surface area contributed by atoms with E-state index in [0.717, 1.165) is 4.68 Å². The van der Waals surface area contributed by atoms with Gasteiger partial charge >= 0.3 is 0 Å². The van der Waals surface area contributed by atoms with Crippen LogP contribution in [0.1, 0.15) is 6.42 Å². The van der Waals surface area contributed by atoms with Crippen LogP contribution in [0.2, 0.25) is 5.02 Å². The fourth-order valence-corrected chi connectivity index (χ4v) is 3.56. The standard InChI is InChI=1S/C18H14ClF2N3O3S/c19-12-6-3-7-13(15(12)28-18(20)21)22-14(25)8-9-24-17(27)11-5-2-1-4-10(11)16(26)23-24/h1-7,18H,8-9H2,(H,22,25)(H,23,26). The summed E-state index contributed by atoms with van der Waals surface area (Å²) in [5, 5.41) is 5.55. The molecule has 0 saturated heterocycles. The Morgan fingerprint density at radius 1 is 1.14 bits per heavy atom. The van der Waals surface area contributed by atoms with Gasteiger partial charge in [0.2, 0.25) is 5.91 Å². The predicted molar refractivity (Wildman–Crippen MR) is 105 cm³/mol. The first-order valence-corrected chi connectivity index (χ1v) is 9.37. The topological polar surface area (TPSA) is 84.0 Å². The first-order chi connectivity index (χ1) is 13.4. The van der Waals surface area contributed by atoms with Crippen LogP contribution in [0, 0.1) is 0 Å². The van der Waals surface area contributed by atoms with Gasteiger partial charge in [0.15, 0.2) is 0 Å². The van der Waals surface area contributed by atoms with Gasteiger partial charge in [0.05, 0.1) is 32.9 Å². The molecule has 0 fully saturated rings. The van der Waals surface area contributed by atoms with Crippen molar-refractivity contribution in [2.75, 3.05) is 5.32 Å². The average molecular weight is 426 g/mol. The third kappa shape index (κ3) is 4.42. The highest BCUT2D eigenvalue weighted by Gasteiger charge is 2.16. The summed E-state index contributed by atoms with van der Waals surface area (Å²) in [6.07, 6.45) is -0.153. The highest BCUT2D eigenvalue weighted by atomic mass is 35.5. The smallest absolute Gasteiger partial charge is 0.289 e. The number of aryl methyl sites for hydroxylation is 1. The fraction of sp³-hybridized carbons (Fsp3) is 0.167. The Morgan fingerprint density at radius 3 is 2.57 bits per heavy atom. The Morgan fingerprint density at radius 2 is 1.86 bits per heavy atom. The molecule has 28 heavy (non-hydrogen) atoms. The van der Waals surface area contributed by atoms with E-state index < -0.39 is 22.8 Å². The summed E-state index contributed by atoms with van der Waals surface area (Å²) in [5.74, 6) is -3.21. The summed E-state index contributed by atoms with van der Waals surface area (Å²) >= 11 is 6.16. The van der Waals surface area contributed by atoms with E-state index >= 15 is 0 Å². The molecule has 0 aliphatic rings. The highest BCUT2D eigenvalue weighted by Crippen LogP contribution is 2.37. The molecule has 0 unspecified atom stereocenters. The zero-order valence-corrected chi connectivity index (χ0v) is 15.8. The van der Waals surface area contributed by atoms with E-state index in [9.17, 15) is 23.2 Å². The van der Waals surface area contributed by atoms with Crippen molar-refractivity contribution in [1.29, 1.82) is 0 Å². The molecule has 2 N–H and O–H groups in total. The number of carbonyl (C=O) groups excluding carboxylic acids is 1. The zero-order chi connectivity index (χ0) is 20.3. The van der Waals surface area contributed by atoms with Crippen molar-refractivity contribution in [3.8, 4) is 0 Å². The Kier molecular flexibility index (Phi) is 6.15. The van der Waals surface area contributed by atoms with Crippen molar-refractivity contribution in [2.24, 2.45) is 0 Å². The highest BCUT2D eigenvalue weighted by molar-refractivity contribution is 7.99. The van der Waals surface area contributed by atoms with Gasteiger partial charge in [-0.15, -0.1) is 0 Å². The maximum absolute atomic E-state index is 12.7. The maximum Gasteiger partial charge on any atom is 0.289 e. The summed E-state index contributed by atoms with van der Waals surface area (Å²) in [6, 6.07) is 10.8. The molecule has 3 aromatic rings. The summed E-state index contributed by atoms with van der Waals surface area (Å²) in [7, 11) is 0. The van der Waals surface area contributed by atoms with Gasteiger partial charge in [0.1, 0.15) is 0 Å². The first kappa shape index (κ1) is 20.1. The van der Waals surface area contributed by atoms with Crippen molar-refractivity contribution in [2.45, 2.75) is 23.6 Å². The largest absolute Gasteiger partial charge is 0.325 e. The number of aromatic nitrogens is 2. The molecule has 0 saturated carbocycles. The number of H-pyrrole nitrogens is 1. The molecule has 0 spiro atoms. The van der Waals surface area contributed by atoms with Crippen molar-refractivity contribution in [1.82, 2.24) is 9.78 Å². The molecule has 3 rings (SSSR count). The molecule has 1 aromatic heterocycles. The number of amides is 1. The number of alkyl halides is 2. The molecule has 0 bridgehead atoms. The van der Waals surface area contributed by atoms with Gasteiger partial charge in [-0.3, -0.25) is 19.5 Å². The Hall–Kier alpha value is -2.65. The van der Waals surface area contributed by atoms with Crippen LogP contribution >= 0.6 is 23.4 Å². The second kappa shape index (κ2) is 8.57. The number of carbonyl (C=O) groups is 1. The van der Waals surface area contributed by atoms with Gasteiger partial charge in [0, 0.05) is 6.42 Å². The number of nitrogens with zero attached hydrogens (tertiary/aromatic N) is 1. The predicted octanol–water partition coefficient (Wildman–Crippen LogP) is 3.69. The minimum absolute atomic E-state index is 0.0591. The lowest BCUT2D eigenvalue weighted by Crippen LogP contribution is -2.31. The number of rotatable bonds is 6. The third-order valence-electron chi connectivity index (χ3n) is 3.89. The van der Waals surface area contributed by atoms with E-state index in [-0.39, 0.29) is 51.1 Å². The molecular formula is C18H14ClF2N3O3S. The van der Waals surface area contributed by atoms with E-state index in [1.807, 2.05) is 0 Å². The second-order valence-electron chi connectivity index (χ2n) is 5.74. The van der Waals surface area contributed by atoms with E-state index in [4.69, 9.17) is 11.6 Å². The van der Waals surface area contributed by atoms with E-state index in [2.05, 4.69) is 10.4 Å². The molecule has 146 valence electrons. The van der Waals surface area contributed by atoms with Crippen LogP contribution in [0.5, 0.6) is 0 Å². The molecule has 0 atom stereocenters. The van der Waals surface area contributed by atoms with E-state index in [1.54, 1.807) is 12.1 Å². The SMILES string of the molecule is O=C(CCn1[nH]c(=O)c2ccccc2c1=O)Nc1cccc(Cl)c1SC(F)F. The number of hydrogen-bond donors (Lipinski definition) is 2. The number of nitrogens with one attached hydrogen (secondary N) is 2. The molecular weight excluding hydrogens is 412 g/mol. The van der Waals surface area contributed by atoms with Crippen molar-refractivity contribution in [3.05, 3.63) is 68.2 Å². The zero-order valence-electron chi connectivity index (χ0n) is 14.2. The van der Waals surface area contributed by atoms with Crippen LogP contribution < -0.4 is 16.4 Å². The van der Waals surface area contributed by atoms with E-state index in [1.165, 1.54) is 30.3 Å². The van der Waals surface area contributed by atoms with Gasteiger partial charge in [-0.05, 0) is 24.3 Å². The van der Waals surface area contributed by atoms with Gasteiger partial charge < -0.3 is 5.32 Å². The van der Waals surface area contributed by atoms with E-state index in [0.29, 0.717) is 0 Å². The summed E-state index contributed by atoms with van der Waals surface area (Å²) in [5.41, 5.74) is -0.720. The number of fused-ring (bicyclic) bond motifs is 1. The third-order valence-corrected chi connectivity index (χ3v) is 5.17. The number of aromatic amines is 1. The van der Waals surface area contributed by atoms with Crippen molar-refractivity contribution < 1.29 is 13.6 Å². The number of hydrogen-bond acceptors (Lipinski definition) is 4. The monoisotopic (exact) mass is 425 g/mol. The second-order valence-corrected chi connectivity index (χ2v) is 7.14. The maximum atomic E-state index is 12.7. The lowest BCUT2D eigenvalue weighted by Gasteiger charge is -2.12. The summed E-state index contributed by atoms with van der Waals surface area (Å²) < 4.78 is 26.5. The molecule has 10 heteroatoms. The molecule has 1 heterocycles. The molecule has 0 radical (unpaired) electrons. The van der Waals surface area contributed by atoms with Crippen LogP contribution in [0.4, 0.5) is 14.5 Å². The lowest BCUT2D eigenvalue weighted by molar-refractivity contribution is -0.116. The summed E-state index contributed by atoms with van der Waals surface area (Å²) in [6.45, 7) is -0.0807. The minimum Gasteiger partial charge on any atom is -0.325 e. The minimum atomic E-state index is -2.70. The van der Waals surface area contributed by atoms with Crippen molar-refractivity contribution in [3.63, 3.8) is 0 Å². The van der Waals surface area contributed by atoms with Gasteiger partial charge in [0.25, 0.3) is 16.9 Å². The van der Waals surface area contributed by atoms with Crippen LogP contribution in [0.3, 0.4) is 0 Å². The molecule has 6 nitrogen and oxygen atoms in total. The van der Waals surface area contributed by atoms with Gasteiger partial charge in [-0.25, -0.2) is 4.68 Å². The van der Waals surface area contributed by atoms with Crippen LogP contribution in [0.15, 0.2) is 56.9 Å². The first-order valence-electron chi connectivity index (χ1n) is 8.12. The molecule has 0 aliphatic heterocycles. The quantitative estimate of drug-likeness (QED) is 0.590. The number of anilines is 1. The average Bonchev–Trinajstić information content (AvgIpc) is 2.66. The number of benzene rings is 2. The number of halogens is 3. The number of thioether (sulfide) groups is 1. The van der Waals surface area contributed by atoms with Gasteiger partial charge in [-0.1, -0.05) is 41.6 Å². The molecule has 2 aromatic carbocycles. The molecule has 1 amide bonds. The fourth-order valence-electron chi connectivity index (χ4n) is 2.65. The lowest BCUT2D eigenvalue weighted by atomic mass is 10.2. The normalized spacial score (nSPS) is 11.1. The Balaban J connectivity index is 1.77. The Bertz CT molecular complexity index is 1150.